The number of rotatable bonds is 7. The molecule has 0 N–H and O–H groups in total. The SMILES string of the molecule is CCCn1ncn(-c2ccc(-c3cnc(N4CCC(c5noc(C(C)C)n5)CC4)c(C#N)c3)cc2F)c1=O. The van der Waals surface area contributed by atoms with Crippen LogP contribution in [-0.4, -0.2) is 42.6 Å². The molecule has 4 aromatic rings. The highest BCUT2D eigenvalue weighted by Gasteiger charge is 2.27. The number of piperidine rings is 1. The van der Waals surface area contributed by atoms with Crippen LogP contribution in [0.25, 0.3) is 16.8 Å². The Morgan fingerprint density at radius 3 is 2.66 bits per heavy atom. The van der Waals surface area contributed by atoms with Crippen molar-refractivity contribution < 1.29 is 8.91 Å². The van der Waals surface area contributed by atoms with E-state index in [1.165, 1.54) is 27.7 Å². The Bertz CT molecular complexity index is 1540. The first-order valence-electron chi connectivity index (χ1n) is 12.8. The number of nitrogens with zero attached hydrogens (tertiary/aromatic N) is 8. The van der Waals surface area contributed by atoms with Crippen LogP contribution in [0.3, 0.4) is 0 Å². The maximum atomic E-state index is 15.1. The molecular weight excluding hydrogens is 487 g/mol. The first-order valence-corrected chi connectivity index (χ1v) is 12.8. The third-order valence-corrected chi connectivity index (χ3v) is 6.81. The van der Waals surface area contributed by atoms with Gasteiger partial charge in [-0.3, -0.25) is 0 Å². The van der Waals surface area contributed by atoms with Crippen molar-refractivity contribution in [1.29, 1.82) is 5.26 Å². The molecule has 4 heterocycles. The number of pyridine rings is 1. The minimum atomic E-state index is -0.563. The standard InChI is InChI=1S/C27H29FN8O2/c1-4-9-36-27(37)35(16-31-36)23-6-5-19(13-22(23)28)21-12-20(14-29)25(30-15-21)34-10-7-18(8-11-34)24-32-26(17(2)3)38-33-24/h5-6,12-13,15-18H,4,7-11H2,1-3H3. The normalized spacial score (nSPS) is 14.3. The van der Waals surface area contributed by atoms with Crippen LogP contribution in [0.1, 0.15) is 69.1 Å². The Kier molecular flexibility index (Phi) is 7.05. The summed E-state index contributed by atoms with van der Waals surface area (Å²) < 4.78 is 22.9. The molecule has 0 spiro atoms. The van der Waals surface area contributed by atoms with Crippen molar-refractivity contribution in [2.75, 3.05) is 18.0 Å². The van der Waals surface area contributed by atoms with Crippen LogP contribution in [0.4, 0.5) is 10.2 Å². The number of halogens is 1. The summed E-state index contributed by atoms with van der Waals surface area (Å²) in [6.45, 7) is 7.86. The first kappa shape index (κ1) is 25.3. The zero-order valence-electron chi connectivity index (χ0n) is 21.6. The quantitative estimate of drug-likeness (QED) is 0.354. The molecule has 10 nitrogen and oxygen atoms in total. The molecule has 0 atom stereocenters. The Morgan fingerprint density at radius 1 is 1.21 bits per heavy atom. The van der Waals surface area contributed by atoms with Crippen molar-refractivity contribution in [3.8, 4) is 22.9 Å². The largest absolute Gasteiger partial charge is 0.355 e. The Hall–Kier alpha value is -4.33. The zero-order chi connectivity index (χ0) is 26.8. The summed E-state index contributed by atoms with van der Waals surface area (Å²) in [5.74, 6) is 1.83. The Labute approximate surface area is 219 Å². The Morgan fingerprint density at radius 2 is 2.00 bits per heavy atom. The fourth-order valence-electron chi connectivity index (χ4n) is 4.70. The molecule has 0 saturated carbocycles. The lowest BCUT2D eigenvalue weighted by Crippen LogP contribution is -2.34. The van der Waals surface area contributed by atoms with Gasteiger partial charge in [0, 0.05) is 43.2 Å². The average Bonchev–Trinajstić information content (AvgIpc) is 3.57. The molecule has 5 rings (SSSR count). The van der Waals surface area contributed by atoms with E-state index in [1.807, 2.05) is 20.8 Å². The van der Waals surface area contributed by atoms with Crippen molar-refractivity contribution in [3.05, 3.63) is 70.4 Å². The minimum Gasteiger partial charge on any atom is -0.355 e. The highest BCUT2D eigenvalue weighted by Crippen LogP contribution is 2.32. The highest BCUT2D eigenvalue weighted by molar-refractivity contribution is 5.69. The van der Waals surface area contributed by atoms with E-state index >= 15 is 4.39 Å². The van der Waals surface area contributed by atoms with Crippen LogP contribution < -0.4 is 10.6 Å². The van der Waals surface area contributed by atoms with Crippen molar-refractivity contribution >= 4 is 5.82 Å². The van der Waals surface area contributed by atoms with Gasteiger partial charge in [-0.1, -0.05) is 32.0 Å². The molecule has 0 radical (unpaired) electrons. The van der Waals surface area contributed by atoms with Gasteiger partial charge in [0.25, 0.3) is 0 Å². The van der Waals surface area contributed by atoms with Gasteiger partial charge in [-0.15, -0.1) is 0 Å². The van der Waals surface area contributed by atoms with Crippen molar-refractivity contribution in [2.45, 2.75) is 58.4 Å². The number of benzene rings is 1. The molecule has 3 aromatic heterocycles. The van der Waals surface area contributed by atoms with E-state index in [4.69, 9.17) is 4.52 Å². The lowest BCUT2D eigenvalue weighted by molar-refractivity contribution is 0.353. The molecule has 1 fully saturated rings. The second-order valence-corrected chi connectivity index (χ2v) is 9.79. The molecule has 11 heteroatoms. The second-order valence-electron chi connectivity index (χ2n) is 9.79. The van der Waals surface area contributed by atoms with Crippen LogP contribution in [0.2, 0.25) is 0 Å². The summed E-state index contributed by atoms with van der Waals surface area (Å²) >= 11 is 0. The number of aryl methyl sites for hydroxylation is 1. The fourth-order valence-corrected chi connectivity index (χ4v) is 4.70. The monoisotopic (exact) mass is 516 g/mol. The maximum absolute atomic E-state index is 15.1. The van der Waals surface area contributed by atoms with Gasteiger partial charge in [0.05, 0.1) is 11.3 Å². The lowest BCUT2D eigenvalue weighted by Gasteiger charge is -2.32. The molecule has 0 unspecified atom stereocenters. The summed E-state index contributed by atoms with van der Waals surface area (Å²) in [5.41, 5.74) is 1.33. The number of aromatic nitrogens is 6. The van der Waals surface area contributed by atoms with Crippen molar-refractivity contribution in [2.24, 2.45) is 0 Å². The third kappa shape index (κ3) is 4.81. The number of hydrogen-bond donors (Lipinski definition) is 0. The van der Waals surface area contributed by atoms with E-state index in [1.54, 1.807) is 18.3 Å². The van der Waals surface area contributed by atoms with Gasteiger partial charge >= 0.3 is 5.69 Å². The van der Waals surface area contributed by atoms with E-state index in [0.29, 0.717) is 48.0 Å². The van der Waals surface area contributed by atoms with E-state index in [0.717, 1.165) is 25.1 Å². The minimum absolute atomic E-state index is 0.121. The summed E-state index contributed by atoms with van der Waals surface area (Å²) in [5, 5.41) is 18.1. The Balaban J connectivity index is 1.33. The summed E-state index contributed by atoms with van der Waals surface area (Å²) in [7, 11) is 0. The molecule has 38 heavy (non-hydrogen) atoms. The van der Waals surface area contributed by atoms with Crippen molar-refractivity contribution in [3.63, 3.8) is 0 Å². The van der Waals surface area contributed by atoms with Gasteiger partial charge in [-0.05, 0) is 43.0 Å². The fraction of sp³-hybridized carbons (Fsp3) is 0.407. The number of hydrogen-bond acceptors (Lipinski definition) is 8. The molecular formula is C27H29FN8O2. The van der Waals surface area contributed by atoms with Crippen molar-refractivity contribution in [1.82, 2.24) is 29.5 Å². The maximum Gasteiger partial charge on any atom is 0.350 e. The lowest BCUT2D eigenvalue weighted by atomic mass is 9.95. The van der Waals surface area contributed by atoms with Gasteiger partial charge in [0.15, 0.2) is 5.82 Å². The molecule has 0 bridgehead atoms. The summed E-state index contributed by atoms with van der Waals surface area (Å²) in [4.78, 5) is 23.7. The van der Waals surface area contributed by atoms with E-state index in [-0.39, 0.29) is 23.2 Å². The van der Waals surface area contributed by atoms with E-state index in [9.17, 15) is 10.1 Å². The van der Waals surface area contributed by atoms with Crippen LogP contribution in [0.5, 0.6) is 0 Å². The highest BCUT2D eigenvalue weighted by atomic mass is 19.1. The summed E-state index contributed by atoms with van der Waals surface area (Å²) in [6, 6.07) is 8.56. The average molecular weight is 517 g/mol. The second kappa shape index (κ2) is 10.6. The van der Waals surface area contributed by atoms with Gasteiger partial charge < -0.3 is 9.42 Å². The van der Waals surface area contributed by atoms with Gasteiger partial charge in [0.1, 0.15) is 24.0 Å². The molecule has 1 aromatic carbocycles. The van der Waals surface area contributed by atoms with Crippen LogP contribution in [-0.2, 0) is 6.54 Å². The molecule has 1 aliphatic rings. The number of anilines is 1. The molecule has 0 amide bonds. The van der Waals surface area contributed by atoms with Crippen LogP contribution >= 0.6 is 0 Å². The van der Waals surface area contributed by atoms with E-state index < -0.39 is 5.82 Å². The predicted octanol–water partition coefficient (Wildman–Crippen LogP) is 4.41. The zero-order valence-corrected chi connectivity index (χ0v) is 21.6. The third-order valence-electron chi connectivity index (χ3n) is 6.81. The predicted molar refractivity (Wildman–Crippen MR) is 139 cm³/mol. The van der Waals surface area contributed by atoms with Crippen LogP contribution in [0, 0.1) is 17.1 Å². The molecule has 1 saturated heterocycles. The first-order chi connectivity index (χ1) is 18.4. The molecule has 196 valence electrons. The van der Waals surface area contributed by atoms with Gasteiger partial charge in [-0.25, -0.2) is 23.4 Å². The van der Waals surface area contributed by atoms with Crippen LogP contribution in [0.15, 0.2) is 46.1 Å². The van der Waals surface area contributed by atoms with E-state index in [2.05, 4.69) is 31.2 Å². The van der Waals surface area contributed by atoms with Gasteiger partial charge in [-0.2, -0.15) is 15.3 Å². The topological polar surface area (TPSA) is 119 Å². The van der Waals surface area contributed by atoms with Gasteiger partial charge in [0.2, 0.25) is 5.89 Å². The number of nitriles is 1. The smallest absolute Gasteiger partial charge is 0.350 e. The molecule has 1 aliphatic heterocycles. The molecule has 0 aliphatic carbocycles. The summed E-state index contributed by atoms with van der Waals surface area (Å²) in [6.07, 6.45) is 5.37.